The van der Waals surface area contributed by atoms with Gasteiger partial charge in [0.05, 0.1) is 6.10 Å². The summed E-state index contributed by atoms with van der Waals surface area (Å²) in [6.07, 6.45) is 2.81. The van der Waals surface area contributed by atoms with E-state index < -0.39 is 0 Å². The van der Waals surface area contributed by atoms with Crippen molar-refractivity contribution >= 4 is 5.69 Å². The van der Waals surface area contributed by atoms with Crippen LogP contribution in [0.5, 0.6) is 0 Å². The molecule has 2 rings (SSSR count). The normalized spacial score (nSPS) is 21.6. The lowest BCUT2D eigenvalue weighted by Gasteiger charge is -2.32. The number of rotatable bonds is 4. The molecule has 1 atom stereocenters. The maximum Gasteiger partial charge on any atom is 0.0702 e. The molecule has 0 bridgehead atoms. The van der Waals surface area contributed by atoms with E-state index in [1.165, 1.54) is 18.4 Å². The smallest absolute Gasteiger partial charge is 0.0702 e. The van der Waals surface area contributed by atoms with E-state index in [0.29, 0.717) is 6.10 Å². The van der Waals surface area contributed by atoms with Gasteiger partial charge in [-0.05, 0) is 37.9 Å². The van der Waals surface area contributed by atoms with Crippen LogP contribution in [0.2, 0.25) is 0 Å². The molecule has 0 aromatic heterocycles. The van der Waals surface area contributed by atoms with E-state index in [4.69, 9.17) is 10.5 Å². The molecule has 17 heavy (non-hydrogen) atoms. The van der Waals surface area contributed by atoms with Crippen molar-refractivity contribution in [1.82, 2.24) is 4.90 Å². The molecule has 3 nitrogen and oxygen atoms in total. The molecule has 1 unspecified atom stereocenters. The van der Waals surface area contributed by atoms with Gasteiger partial charge in [-0.2, -0.15) is 0 Å². The van der Waals surface area contributed by atoms with Crippen LogP contribution in [-0.4, -0.2) is 30.7 Å². The molecule has 0 saturated carbocycles. The monoisotopic (exact) mass is 234 g/mol. The molecule has 2 N–H and O–H groups in total. The van der Waals surface area contributed by atoms with Crippen LogP contribution in [0.3, 0.4) is 0 Å². The quantitative estimate of drug-likeness (QED) is 0.812. The molecule has 1 heterocycles. The van der Waals surface area contributed by atoms with Crippen molar-refractivity contribution in [3.05, 3.63) is 29.8 Å². The van der Waals surface area contributed by atoms with Crippen LogP contribution in [-0.2, 0) is 11.3 Å². The fraction of sp³-hybridized carbons (Fsp3) is 0.571. The minimum Gasteiger partial charge on any atom is -0.398 e. The second-order valence-electron chi connectivity index (χ2n) is 4.65. The van der Waals surface area contributed by atoms with Crippen molar-refractivity contribution in [3.8, 4) is 0 Å². The highest BCUT2D eigenvalue weighted by molar-refractivity contribution is 5.46. The number of ether oxygens (including phenoxy) is 1. The summed E-state index contributed by atoms with van der Waals surface area (Å²) in [6, 6.07) is 8.12. The van der Waals surface area contributed by atoms with Gasteiger partial charge in [0.25, 0.3) is 0 Å². The van der Waals surface area contributed by atoms with Crippen LogP contribution >= 0.6 is 0 Å². The van der Waals surface area contributed by atoms with Crippen molar-refractivity contribution in [1.29, 1.82) is 0 Å². The molecule has 3 heteroatoms. The van der Waals surface area contributed by atoms with Gasteiger partial charge in [-0.1, -0.05) is 18.2 Å². The molecule has 1 aromatic carbocycles. The van der Waals surface area contributed by atoms with Crippen LogP contribution in [0, 0.1) is 0 Å². The van der Waals surface area contributed by atoms with E-state index in [-0.39, 0.29) is 0 Å². The Hall–Kier alpha value is -1.06. The third-order valence-corrected chi connectivity index (χ3v) is 3.31. The van der Waals surface area contributed by atoms with E-state index in [1.54, 1.807) is 0 Å². The Labute approximate surface area is 104 Å². The van der Waals surface area contributed by atoms with E-state index >= 15 is 0 Å². The molecule has 1 aromatic rings. The number of nitrogen functional groups attached to an aromatic ring is 1. The number of nitrogens with two attached hydrogens (primary N) is 1. The average Bonchev–Trinajstić information content (AvgIpc) is 2.33. The number of hydrogen-bond donors (Lipinski definition) is 1. The Morgan fingerprint density at radius 3 is 3.00 bits per heavy atom. The van der Waals surface area contributed by atoms with E-state index in [2.05, 4.69) is 24.0 Å². The molecular formula is C14H22N2O. The number of hydrogen-bond acceptors (Lipinski definition) is 3. The third kappa shape index (κ3) is 3.45. The minimum absolute atomic E-state index is 0.402. The number of para-hydroxylation sites is 1. The molecule has 1 aliphatic heterocycles. The van der Waals surface area contributed by atoms with Crippen molar-refractivity contribution in [2.45, 2.75) is 32.4 Å². The Morgan fingerprint density at radius 1 is 1.41 bits per heavy atom. The molecule has 0 radical (unpaired) electrons. The van der Waals surface area contributed by atoms with Crippen LogP contribution in [0.25, 0.3) is 0 Å². The lowest BCUT2D eigenvalue weighted by Crippen LogP contribution is -2.39. The molecule has 1 aliphatic rings. The van der Waals surface area contributed by atoms with Gasteiger partial charge in [0.15, 0.2) is 0 Å². The Bertz CT molecular complexity index is 352. The van der Waals surface area contributed by atoms with Gasteiger partial charge >= 0.3 is 0 Å². The first-order valence-corrected chi connectivity index (χ1v) is 6.47. The second-order valence-corrected chi connectivity index (χ2v) is 4.65. The van der Waals surface area contributed by atoms with E-state index in [9.17, 15) is 0 Å². The van der Waals surface area contributed by atoms with Gasteiger partial charge in [0.1, 0.15) is 0 Å². The SMILES string of the molecule is CCOC1CCCN(Cc2ccccc2N)C1. The fourth-order valence-corrected chi connectivity index (χ4v) is 2.45. The summed E-state index contributed by atoms with van der Waals surface area (Å²) < 4.78 is 5.71. The van der Waals surface area contributed by atoms with Gasteiger partial charge in [0.2, 0.25) is 0 Å². The maximum absolute atomic E-state index is 5.97. The van der Waals surface area contributed by atoms with Gasteiger partial charge in [-0.3, -0.25) is 4.90 Å². The Kier molecular flexibility index (Phi) is 4.40. The predicted octanol–water partition coefficient (Wildman–Crippen LogP) is 2.27. The van der Waals surface area contributed by atoms with E-state index in [1.807, 2.05) is 12.1 Å². The van der Waals surface area contributed by atoms with E-state index in [0.717, 1.165) is 31.9 Å². The average molecular weight is 234 g/mol. The molecule has 0 aliphatic carbocycles. The summed E-state index contributed by atoms with van der Waals surface area (Å²) >= 11 is 0. The summed E-state index contributed by atoms with van der Waals surface area (Å²) in [4.78, 5) is 2.44. The summed E-state index contributed by atoms with van der Waals surface area (Å²) in [5.74, 6) is 0. The zero-order chi connectivity index (χ0) is 12.1. The van der Waals surface area contributed by atoms with Crippen molar-refractivity contribution < 1.29 is 4.74 Å². The lowest BCUT2D eigenvalue weighted by atomic mass is 10.1. The van der Waals surface area contributed by atoms with Crippen molar-refractivity contribution in [3.63, 3.8) is 0 Å². The van der Waals surface area contributed by atoms with Gasteiger partial charge in [-0.15, -0.1) is 0 Å². The van der Waals surface area contributed by atoms with Gasteiger partial charge < -0.3 is 10.5 Å². The second kappa shape index (κ2) is 6.03. The molecule has 1 fully saturated rings. The first-order chi connectivity index (χ1) is 8.29. The Balaban J connectivity index is 1.92. The summed E-state index contributed by atoms with van der Waals surface area (Å²) in [5, 5.41) is 0. The fourth-order valence-electron chi connectivity index (χ4n) is 2.45. The maximum atomic E-state index is 5.97. The number of likely N-dealkylation sites (tertiary alicyclic amines) is 1. The number of nitrogens with zero attached hydrogens (tertiary/aromatic N) is 1. The highest BCUT2D eigenvalue weighted by atomic mass is 16.5. The molecule has 1 saturated heterocycles. The number of anilines is 1. The molecule has 0 amide bonds. The lowest BCUT2D eigenvalue weighted by molar-refractivity contribution is 0.00368. The number of benzene rings is 1. The summed E-state index contributed by atoms with van der Waals surface area (Å²) in [7, 11) is 0. The molecular weight excluding hydrogens is 212 g/mol. The summed E-state index contributed by atoms with van der Waals surface area (Å²) in [6.45, 7) is 6.00. The van der Waals surface area contributed by atoms with Crippen LogP contribution in [0.1, 0.15) is 25.3 Å². The van der Waals surface area contributed by atoms with Crippen LogP contribution < -0.4 is 5.73 Å². The zero-order valence-corrected chi connectivity index (χ0v) is 10.6. The van der Waals surface area contributed by atoms with Crippen molar-refractivity contribution in [2.24, 2.45) is 0 Å². The molecule has 0 spiro atoms. The Morgan fingerprint density at radius 2 is 2.24 bits per heavy atom. The van der Waals surface area contributed by atoms with Crippen molar-refractivity contribution in [2.75, 3.05) is 25.4 Å². The largest absolute Gasteiger partial charge is 0.398 e. The third-order valence-electron chi connectivity index (χ3n) is 3.31. The topological polar surface area (TPSA) is 38.5 Å². The van der Waals surface area contributed by atoms with Gasteiger partial charge in [-0.25, -0.2) is 0 Å². The van der Waals surface area contributed by atoms with Crippen LogP contribution in [0.4, 0.5) is 5.69 Å². The highest BCUT2D eigenvalue weighted by Crippen LogP contribution is 2.18. The van der Waals surface area contributed by atoms with Gasteiger partial charge in [0, 0.05) is 25.4 Å². The predicted molar refractivity (Wildman–Crippen MR) is 70.8 cm³/mol. The summed E-state index contributed by atoms with van der Waals surface area (Å²) in [5.41, 5.74) is 8.09. The van der Waals surface area contributed by atoms with Crippen LogP contribution in [0.15, 0.2) is 24.3 Å². The number of piperidine rings is 1. The highest BCUT2D eigenvalue weighted by Gasteiger charge is 2.20. The minimum atomic E-state index is 0.402. The molecule has 94 valence electrons. The zero-order valence-electron chi connectivity index (χ0n) is 10.6. The first kappa shape index (κ1) is 12.4. The standard InChI is InChI=1S/C14H22N2O/c1-2-17-13-7-5-9-16(11-13)10-12-6-3-4-8-14(12)15/h3-4,6,8,13H,2,5,7,9-11,15H2,1H3. The first-order valence-electron chi connectivity index (χ1n) is 6.47.